The van der Waals surface area contributed by atoms with E-state index in [-0.39, 0.29) is 5.56 Å². The molecule has 0 spiro atoms. The fourth-order valence-corrected chi connectivity index (χ4v) is 2.99. The van der Waals surface area contributed by atoms with Crippen molar-refractivity contribution in [3.05, 3.63) is 53.1 Å². The number of ether oxygens (including phenoxy) is 1. The van der Waals surface area contributed by atoms with Crippen LogP contribution in [-0.4, -0.2) is 21.2 Å². The monoisotopic (exact) mass is 335 g/mol. The van der Waals surface area contributed by atoms with E-state index in [1.165, 1.54) is 23.5 Å². The molecule has 0 aliphatic rings. The standard InChI is InChI=1S/C15H10ClNO4S/c16-9-3-6-11-12(7-9)22-15(17-11)21-10-4-1-8(2-5-10)13(18)14(19)20/h1-7,13,18H,(H,19,20). The minimum Gasteiger partial charge on any atom is -0.479 e. The smallest absolute Gasteiger partial charge is 0.337 e. The molecule has 3 rings (SSSR count). The zero-order chi connectivity index (χ0) is 15.7. The summed E-state index contributed by atoms with van der Waals surface area (Å²) < 4.78 is 6.55. The van der Waals surface area contributed by atoms with E-state index in [0.717, 1.165) is 10.2 Å². The summed E-state index contributed by atoms with van der Waals surface area (Å²) in [5, 5.41) is 19.3. The second kappa shape index (κ2) is 5.92. The summed E-state index contributed by atoms with van der Waals surface area (Å²) in [4.78, 5) is 15.0. The van der Waals surface area contributed by atoms with E-state index in [9.17, 15) is 9.90 Å². The van der Waals surface area contributed by atoms with Crippen molar-refractivity contribution in [1.29, 1.82) is 0 Å². The van der Waals surface area contributed by atoms with Gasteiger partial charge in [-0.3, -0.25) is 0 Å². The van der Waals surface area contributed by atoms with Crippen LogP contribution in [0.4, 0.5) is 0 Å². The van der Waals surface area contributed by atoms with Crippen molar-refractivity contribution in [3.8, 4) is 10.9 Å². The van der Waals surface area contributed by atoms with Crippen molar-refractivity contribution in [2.45, 2.75) is 6.10 Å². The van der Waals surface area contributed by atoms with Gasteiger partial charge in [-0.25, -0.2) is 9.78 Å². The third-order valence-corrected chi connectivity index (χ3v) is 4.10. The number of aromatic nitrogens is 1. The van der Waals surface area contributed by atoms with Crippen molar-refractivity contribution in [2.75, 3.05) is 0 Å². The number of carbonyl (C=O) groups is 1. The van der Waals surface area contributed by atoms with E-state index in [1.807, 2.05) is 12.1 Å². The third-order valence-electron chi connectivity index (χ3n) is 2.97. The average Bonchev–Trinajstić information content (AvgIpc) is 2.88. The SMILES string of the molecule is O=C(O)C(O)c1ccc(Oc2nc3ccc(Cl)cc3s2)cc1. The summed E-state index contributed by atoms with van der Waals surface area (Å²) in [7, 11) is 0. The Morgan fingerprint density at radius 3 is 2.64 bits per heavy atom. The Bertz CT molecular complexity index is 831. The van der Waals surface area contributed by atoms with Crippen LogP contribution >= 0.6 is 22.9 Å². The third kappa shape index (κ3) is 3.04. The zero-order valence-corrected chi connectivity index (χ0v) is 12.6. The zero-order valence-electron chi connectivity index (χ0n) is 11.1. The molecular formula is C15H10ClNO4S. The summed E-state index contributed by atoms with van der Waals surface area (Å²) in [5.41, 5.74) is 1.08. The lowest BCUT2D eigenvalue weighted by Crippen LogP contribution is -2.09. The van der Waals surface area contributed by atoms with Gasteiger partial charge in [0.15, 0.2) is 6.10 Å². The van der Waals surface area contributed by atoms with Gasteiger partial charge in [-0.15, -0.1) is 0 Å². The van der Waals surface area contributed by atoms with E-state index < -0.39 is 12.1 Å². The van der Waals surface area contributed by atoms with Crippen LogP contribution in [0.25, 0.3) is 10.2 Å². The molecule has 0 aliphatic heterocycles. The Labute approximate surface area is 134 Å². The molecule has 0 saturated heterocycles. The van der Waals surface area contributed by atoms with Crippen molar-refractivity contribution >= 4 is 39.1 Å². The molecule has 1 unspecified atom stereocenters. The Hall–Kier alpha value is -2.15. The van der Waals surface area contributed by atoms with Crippen LogP contribution < -0.4 is 4.74 Å². The Balaban J connectivity index is 1.81. The van der Waals surface area contributed by atoms with Crippen LogP contribution in [0.15, 0.2) is 42.5 Å². The molecular weight excluding hydrogens is 326 g/mol. The van der Waals surface area contributed by atoms with Gasteiger partial charge in [0, 0.05) is 5.02 Å². The number of carboxylic acids is 1. The highest BCUT2D eigenvalue weighted by molar-refractivity contribution is 7.20. The highest BCUT2D eigenvalue weighted by Crippen LogP contribution is 2.33. The average molecular weight is 336 g/mol. The van der Waals surface area contributed by atoms with Crippen LogP contribution in [0.3, 0.4) is 0 Å². The summed E-state index contributed by atoms with van der Waals surface area (Å²) >= 11 is 7.29. The maximum absolute atomic E-state index is 10.7. The first-order valence-corrected chi connectivity index (χ1v) is 7.47. The van der Waals surface area contributed by atoms with Gasteiger partial charge >= 0.3 is 5.97 Å². The predicted octanol–water partition coefficient (Wildman–Crippen LogP) is 3.86. The molecule has 1 atom stereocenters. The van der Waals surface area contributed by atoms with Crippen LogP contribution in [0.5, 0.6) is 10.9 Å². The summed E-state index contributed by atoms with van der Waals surface area (Å²) in [6.45, 7) is 0. The molecule has 0 saturated carbocycles. The van der Waals surface area contributed by atoms with Gasteiger partial charge in [0.05, 0.1) is 10.2 Å². The summed E-state index contributed by atoms with van der Waals surface area (Å²) in [6, 6.07) is 11.5. The van der Waals surface area contributed by atoms with Crippen molar-refractivity contribution in [3.63, 3.8) is 0 Å². The van der Waals surface area contributed by atoms with Gasteiger partial charge in [0.25, 0.3) is 5.19 Å². The van der Waals surface area contributed by atoms with E-state index >= 15 is 0 Å². The lowest BCUT2D eigenvalue weighted by molar-refractivity contribution is -0.146. The molecule has 2 aromatic carbocycles. The molecule has 0 aliphatic carbocycles. The number of rotatable bonds is 4. The van der Waals surface area contributed by atoms with E-state index in [4.69, 9.17) is 21.4 Å². The number of hydrogen-bond acceptors (Lipinski definition) is 5. The number of aliphatic carboxylic acids is 1. The molecule has 5 nitrogen and oxygen atoms in total. The second-order valence-electron chi connectivity index (χ2n) is 4.50. The summed E-state index contributed by atoms with van der Waals surface area (Å²) in [6.07, 6.45) is -1.54. The van der Waals surface area contributed by atoms with Crippen LogP contribution in [-0.2, 0) is 4.79 Å². The van der Waals surface area contributed by atoms with Gasteiger partial charge in [-0.2, -0.15) is 0 Å². The molecule has 0 radical (unpaired) electrons. The molecule has 2 N–H and O–H groups in total. The van der Waals surface area contributed by atoms with E-state index in [2.05, 4.69) is 4.98 Å². The van der Waals surface area contributed by atoms with E-state index in [0.29, 0.717) is 16.0 Å². The largest absolute Gasteiger partial charge is 0.479 e. The van der Waals surface area contributed by atoms with Crippen molar-refractivity contribution < 1.29 is 19.7 Å². The van der Waals surface area contributed by atoms with Crippen LogP contribution in [0, 0.1) is 0 Å². The normalized spacial score (nSPS) is 12.3. The number of aliphatic hydroxyl groups excluding tert-OH is 1. The first kappa shape index (κ1) is 14.8. The van der Waals surface area contributed by atoms with Gasteiger partial charge in [0.2, 0.25) is 0 Å². The number of hydrogen-bond donors (Lipinski definition) is 2. The number of benzene rings is 2. The highest BCUT2D eigenvalue weighted by Gasteiger charge is 2.15. The molecule has 0 bridgehead atoms. The Morgan fingerprint density at radius 1 is 1.23 bits per heavy atom. The van der Waals surface area contributed by atoms with Gasteiger partial charge in [-0.05, 0) is 35.9 Å². The van der Waals surface area contributed by atoms with Gasteiger partial charge in [-0.1, -0.05) is 35.1 Å². The van der Waals surface area contributed by atoms with Crippen molar-refractivity contribution in [2.24, 2.45) is 0 Å². The number of fused-ring (bicyclic) bond motifs is 1. The number of carboxylic acid groups (broad SMARTS) is 1. The minimum absolute atomic E-state index is 0.288. The number of halogens is 1. The Morgan fingerprint density at radius 2 is 1.95 bits per heavy atom. The first-order valence-electron chi connectivity index (χ1n) is 6.28. The maximum Gasteiger partial charge on any atom is 0.337 e. The fraction of sp³-hybridized carbons (Fsp3) is 0.0667. The fourth-order valence-electron chi connectivity index (χ4n) is 1.88. The quantitative estimate of drug-likeness (QED) is 0.756. The Kier molecular flexibility index (Phi) is 3.98. The minimum atomic E-state index is -1.54. The molecule has 0 fully saturated rings. The molecule has 3 aromatic rings. The molecule has 1 aromatic heterocycles. The molecule has 0 amide bonds. The second-order valence-corrected chi connectivity index (χ2v) is 5.93. The van der Waals surface area contributed by atoms with Crippen molar-refractivity contribution in [1.82, 2.24) is 4.98 Å². The van der Waals surface area contributed by atoms with Crippen LogP contribution in [0.1, 0.15) is 11.7 Å². The molecule has 1 heterocycles. The highest BCUT2D eigenvalue weighted by atomic mass is 35.5. The predicted molar refractivity (Wildman–Crippen MR) is 83.7 cm³/mol. The molecule has 7 heteroatoms. The van der Waals surface area contributed by atoms with Gasteiger partial charge < -0.3 is 14.9 Å². The topological polar surface area (TPSA) is 79.7 Å². The maximum atomic E-state index is 10.7. The van der Waals surface area contributed by atoms with Gasteiger partial charge in [0.1, 0.15) is 5.75 Å². The lowest BCUT2D eigenvalue weighted by atomic mass is 10.1. The lowest BCUT2D eigenvalue weighted by Gasteiger charge is -2.06. The first-order chi connectivity index (χ1) is 10.5. The number of nitrogens with zero attached hydrogens (tertiary/aromatic N) is 1. The molecule has 112 valence electrons. The number of aliphatic hydroxyl groups is 1. The van der Waals surface area contributed by atoms with Crippen LogP contribution in [0.2, 0.25) is 5.02 Å². The van der Waals surface area contributed by atoms with E-state index in [1.54, 1.807) is 18.2 Å². The molecule has 22 heavy (non-hydrogen) atoms. The summed E-state index contributed by atoms with van der Waals surface area (Å²) in [5.74, 6) is -0.789. The number of thiazole rings is 1.